The molecule has 0 unspecified atom stereocenters. The van der Waals surface area contributed by atoms with Crippen LogP contribution in [0.2, 0.25) is 5.02 Å². The van der Waals surface area contributed by atoms with Crippen LogP contribution in [-0.4, -0.2) is 27.8 Å². The predicted octanol–water partition coefficient (Wildman–Crippen LogP) is 3.08. The molecule has 0 aliphatic heterocycles. The molecule has 0 saturated carbocycles. The lowest BCUT2D eigenvalue weighted by Gasteiger charge is -2.15. The molecule has 0 fully saturated rings. The Labute approximate surface area is 165 Å². The highest BCUT2D eigenvalue weighted by molar-refractivity contribution is 6.31. The molecule has 0 aliphatic rings. The van der Waals surface area contributed by atoms with E-state index in [1.54, 1.807) is 42.5 Å². The molecular formula is C20H18ClN3O4. The summed E-state index contributed by atoms with van der Waals surface area (Å²) in [7, 11) is 1.45. The molecule has 28 heavy (non-hydrogen) atoms. The third kappa shape index (κ3) is 3.89. The third-order valence-corrected chi connectivity index (χ3v) is 4.50. The van der Waals surface area contributed by atoms with E-state index in [-0.39, 0.29) is 11.3 Å². The minimum atomic E-state index is -1.08. The van der Waals surface area contributed by atoms with Crippen molar-refractivity contribution in [3.05, 3.63) is 69.1 Å². The van der Waals surface area contributed by atoms with Gasteiger partial charge in [0.15, 0.2) is 11.8 Å². The van der Waals surface area contributed by atoms with Crippen LogP contribution in [0.1, 0.15) is 23.0 Å². The number of nitrogens with one attached hydrogen (secondary N) is 1. The van der Waals surface area contributed by atoms with Crippen LogP contribution in [0.5, 0.6) is 0 Å². The van der Waals surface area contributed by atoms with Gasteiger partial charge in [-0.1, -0.05) is 35.9 Å². The van der Waals surface area contributed by atoms with E-state index in [1.807, 2.05) is 6.92 Å². The maximum absolute atomic E-state index is 12.6. The zero-order chi connectivity index (χ0) is 20.4. The number of rotatable bonds is 4. The van der Waals surface area contributed by atoms with Crippen LogP contribution in [0.4, 0.5) is 5.69 Å². The summed E-state index contributed by atoms with van der Waals surface area (Å²) in [6, 6.07) is 11.7. The van der Waals surface area contributed by atoms with Crippen LogP contribution in [0.25, 0.3) is 10.8 Å². The van der Waals surface area contributed by atoms with E-state index < -0.39 is 18.0 Å². The minimum absolute atomic E-state index is 0.0312. The quantitative estimate of drug-likeness (QED) is 0.681. The van der Waals surface area contributed by atoms with E-state index in [2.05, 4.69) is 10.4 Å². The zero-order valence-electron chi connectivity index (χ0n) is 15.5. The van der Waals surface area contributed by atoms with Crippen molar-refractivity contribution in [3.8, 4) is 0 Å². The largest absolute Gasteiger partial charge is 0.448 e. The summed E-state index contributed by atoms with van der Waals surface area (Å²) in [4.78, 5) is 37.2. The molecule has 0 aliphatic carbocycles. The number of carbonyl (C=O) groups excluding carboxylic acids is 2. The highest BCUT2D eigenvalue weighted by Crippen LogP contribution is 2.21. The number of nitrogens with zero attached hydrogens (tertiary/aromatic N) is 2. The molecule has 144 valence electrons. The number of aryl methyl sites for hydroxylation is 2. The summed E-state index contributed by atoms with van der Waals surface area (Å²) in [6.45, 7) is 3.28. The standard InChI is InChI=1S/C20H18ClN3O4/c1-11-8-9-13(21)10-16(11)22-18(25)12(2)28-20(27)17-14-6-4-5-7-15(14)19(26)24(3)23-17/h4-10,12H,1-3H3,(H,22,25)/t12-/m0/s1. The van der Waals surface area contributed by atoms with Crippen molar-refractivity contribution >= 4 is 39.9 Å². The first-order valence-corrected chi connectivity index (χ1v) is 8.89. The lowest BCUT2D eigenvalue weighted by Crippen LogP contribution is -2.31. The number of aromatic nitrogens is 2. The predicted molar refractivity (Wildman–Crippen MR) is 107 cm³/mol. The van der Waals surface area contributed by atoms with Gasteiger partial charge in [-0.05, 0) is 37.6 Å². The van der Waals surface area contributed by atoms with Gasteiger partial charge >= 0.3 is 5.97 Å². The van der Waals surface area contributed by atoms with Crippen molar-refractivity contribution in [1.82, 2.24) is 9.78 Å². The first-order valence-electron chi connectivity index (χ1n) is 8.52. The molecule has 0 bridgehead atoms. The molecule has 8 heteroatoms. The van der Waals surface area contributed by atoms with Crippen molar-refractivity contribution < 1.29 is 14.3 Å². The van der Waals surface area contributed by atoms with E-state index >= 15 is 0 Å². The molecule has 1 N–H and O–H groups in total. The molecule has 2 aromatic carbocycles. The molecule has 3 rings (SSSR count). The van der Waals surface area contributed by atoms with E-state index in [9.17, 15) is 14.4 Å². The SMILES string of the molecule is Cc1ccc(Cl)cc1NC(=O)[C@H](C)OC(=O)c1nn(C)c(=O)c2ccccc12. The Morgan fingerprint density at radius 1 is 1.18 bits per heavy atom. The van der Waals surface area contributed by atoms with Crippen molar-refractivity contribution in [2.24, 2.45) is 7.05 Å². The van der Waals surface area contributed by atoms with Gasteiger partial charge in [-0.15, -0.1) is 0 Å². The first-order chi connectivity index (χ1) is 13.3. The molecule has 1 atom stereocenters. The number of ether oxygens (including phenoxy) is 1. The Hall–Kier alpha value is -3.19. The number of esters is 1. The van der Waals surface area contributed by atoms with Gasteiger partial charge in [-0.25, -0.2) is 9.48 Å². The van der Waals surface area contributed by atoms with Gasteiger partial charge in [0, 0.05) is 23.1 Å². The van der Waals surface area contributed by atoms with E-state index in [0.717, 1.165) is 10.2 Å². The maximum atomic E-state index is 12.6. The monoisotopic (exact) mass is 399 g/mol. The molecule has 1 aromatic heterocycles. The first kappa shape index (κ1) is 19.6. The van der Waals surface area contributed by atoms with E-state index in [0.29, 0.717) is 21.5 Å². The molecule has 0 radical (unpaired) electrons. The van der Waals surface area contributed by atoms with Crippen LogP contribution < -0.4 is 10.9 Å². The average Bonchev–Trinajstić information content (AvgIpc) is 2.67. The van der Waals surface area contributed by atoms with Crippen LogP contribution >= 0.6 is 11.6 Å². The van der Waals surface area contributed by atoms with Gasteiger partial charge in [-0.2, -0.15) is 5.10 Å². The topological polar surface area (TPSA) is 90.3 Å². The number of fused-ring (bicyclic) bond motifs is 1. The van der Waals surface area contributed by atoms with Gasteiger partial charge in [0.2, 0.25) is 0 Å². The normalized spacial score (nSPS) is 11.9. The molecule has 7 nitrogen and oxygen atoms in total. The smallest absolute Gasteiger partial charge is 0.360 e. The fraction of sp³-hybridized carbons (Fsp3) is 0.200. The zero-order valence-corrected chi connectivity index (χ0v) is 16.3. The Kier molecular flexibility index (Phi) is 5.46. The number of halogens is 1. The number of hydrogen-bond acceptors (Lipinski definition) is 5. The maximum Gasteiger partial charge on any atom is 0.360 e. The summed E-state index contributed by atoms with van der Waals surface area (Å²) in [6.07, 6.45) is -1.08. The van der Waals surface area contributed by atoms with Crippen LogP contribution in [0.3, 0.4) is 0 Å². The summed E-state index contributed by atoms with van der Waals surface area (Å²) < 4.78 is 6.35. The lowest BCUT2D eigenvalue weighted by atomic mass is 10.1. The van der Waals surface area contributed by atoms with Gasteiger partial charge in [0.1, 0.15) is 0 Å². The Balaban J connectivity index is 1.82. The van der Waals surface area contributed by atoms with Gasteiger partial charge in [-0.3, -0.25) is 9.59 Å². The van der Waals surface area contributed by atoms with Gasteiger partial charge in [0.25, 0.3) is 11.5 Å². The second-order valence-electron chi connectivity index (χ2n) is 6.32. The fourth-order valence-corrected chi connectivity index (χ4v) is 2.86. The van der Waals surface area contributed by atoms with Gasteiger partial charge in [0.05, 0.1) is 5.39 Å². The van der Waals surface area contributed by atoms with Gasteiger partial charge < -0.3 is 10.1 Å². The number of benzene rings is 2. The molecule has 0 saturated heterocycles. The Morgan fingerprint density at radius 2 is 1.86 bits per heavy atom. The van der Waals surface area contributed by atoms with E-state index in [1.165, 1.54) is 14.0 Å². The highest BCUT2D eigenvalue weighted by atomic mass is 35.5. The molecule has 1 amide bonds. The summed E-state index contributed by atoms with van der Waals surface area (Å²) >= 11 is 5.95. The summed E-state index contributed by atoms with van der Waals surface area (Å²) in [5.41, 5.74) is 0.999. The van der Waals surface area contributed by atoms with Crippen LogP contribution in [0.15, 0.2) is 47.3 Å². The Bertz CT molecular complexity index is 1140. The Morgan fingerprint density at radius 3 is 2.57 bits per heavy atom. The molecular weight excluding hydrogens is 382 g/mol. The van der Waals surface area contributed by atoms with Crippen LogP contribution in [0, 0.1) is 6.92 Å². The summed E-state index contributed by atoms with van der Waals surface area (Å²) in [5, 5.41) is 7.89. The number of carbonyl (C=O) groups is 2. The molecule has 0 spiro atoms. The summed E-state index contributed by atoms with van der Waals surface area (Å²) in [5.74, 6) is -1.30. The lowest BCUT2D eigenvalue weighted by molar-refractivity contribution is -0.123. The number of anilines is 1. The average molecular weight is 400 g/mol. The molecule has 1 heterocycles. The highest BCUT2D eigenvalue weighted by Gasteiger charge is 2.23. The van der Waals surface area contributed by atoms with Crippen molar-refractivity contribution in [2.75, 3.05) is 5.32 Å². The van der Waals surface area contributed by atoms with Crippen molar-refractivity contribution in [2.45, 2.75) is 20.0 Å². The fourth-order valence-electron chi connectivity index (χ4n) is 2.68. The third-order valence-electron chi connectivity index (χ3n) is 4.26. The van der Waals surface area contributed by atoms with Crippen LogP contribution in [-0.2, 0) is 16.6 Å². The van der Waals surface area contributed by atoms with Crippen molar-refractivity contribution in [1.29, 1.82) is 0 Å². The second kappa shape index (κ2) is 7.82. The van der Waals surface area contributed by atoms with E-state index in [4.69, 9.17) is 16.3 Å². The number of amides is 1. The number of hydrogen-bond donors (Lipinski definition) is 1. The minimum Gasteiger partial charge on any atom is -0.448 e. The van der Waals surface area contributed by atoms with Crippen molar-refractivity contribution in [3.63, 3.8) is 0 Å². The second-order valence-corrected chi connectivity index (χ2v) is 6.76. The molecule has 3 aromatic rings.